The Kier molecular flexibility index (Phi) is 6.34. The summed E-state index contributed by atoms with van der Waals surface area (Å²) in [6, 6.07) is 0. The molecule has 0 aromatic rings. The first-order valence-electron chi connectivity index (χ1n) is 4.53. The quantitative estimate of drug-likeness (QED) is 0.454. The van der Waals surface area contributed by atoms with Crippen molar-refractivity contribution in [3.05, 3.63) is 0 Å². The molecule has 74 valence electrons. The van der Waals surface area contributed by atoms with E-state index in [0.29, 0.717) is 6.61 Å². The lowest BCUT2D eigenvalue weighted by molar-refractivity contribution is -0.176. The van der Waals surface area contributed by atoms with Crippen LogP contribution < -0.4 is 0 Å². The second kappa shape index (κ2) is 6.40. The lowest BCUT2D eigenvalue weighted by Crippen LogP contribution is -2.23. The standard InChI is InChI=1S/C9H20O3/c1-9(2,11)12-8-6-4-3-5-7-10/h10-11H,3-8H2,1-2H3. The zero-order valence-electron chi connectivity index (χ0n) is 8.05. The van der Waals surface area contributed by atoms with Crippen molar-refractivity contribution in [2.75, 3.05) is 13.2 Å². The molecular formula is C9H20O3. The molecule has 0 aliphatic rings. The highest BCUT2D eigenvalue weighted by molar-refractivity contribution is 4.48. The van der Waals surface area contributed by atoms with Crippen LogP contribution in [0.1, 0.15) is 39.5 Å². The van der Waals surface area contributed by atoms with Crippen LogP contribution in [0.5, 0.6) is 0 Å². The van der Waals surface area contributed by atoms with Gasteiger partial charge in [0, 0.05) is 13.2 Å². The number of hydrogen-bond donors (Lipinski definition) is 2. The second-order valence-corrected chi connectivity index (χ2v) is 3.43. The SMILES string of the molecule is CC(C)(O)OCCCCCCO. The summed E-state index contributed by atoms with van der Waals surface area (Å²) >= 11 is 0. The van der Waals surface area contributed by atoms with Gasteiger partial charge in [-0.2, -0.15) is 0 Å². The molecule has 0 aromatic carbocycles. The largest absolute Gasteiger partial charge is 0.396 e. The summed E-state index contributed by atoms with van der Waals surface area (Å²) in [6.45, 7) is 4.11. The van der Waals surface area contributed by atoms with Gasteiger partial charge in [-0.25, -0.2) is 0 Å². The van der Waals surface area contributed by atoms with Gasteiger partial charge in [0.05, 0.1) is 0 Å². The van der Waals surface area contributed by atoms with Crippen LogP contribution in [0.2, 0.25) is 0 Å². The predicted octanol–water partition coefficient (Wildman–Crippen LogP) is 1.28. The summed E-state index contributed by atoms with van der Waals surface area (Å²) in [4.78, 5) is 0. The van der Waals surface area contributed by atoms with Crippen LogP contribution in [-0.4, -0.2) is 29.2 Å². The molecule has 3 nitrogen and oxygen atoms in total. The summed E-state index contributed by atoms with van der Waals surface area (Å²) in [5.41, 5.74) is 0. The lowest BCUT2D eigenvalue weighted by Gasteiger charge is -2.17. The minimum Gasteiger partial charge on any atom is -0.396 e. The summed E-state index contributed by atoms with van der Waals surface area (Å²) < 4.78 is 5.10. The monoisotopic (exact) mass is 176 g/mol. The highest BCUT2D eigenvalue weighted by Crippen LogP contribution is 2.06. The minimum atomic E-state index is -1.00. The van der Waals surface area contributed by atoms with E-state index >= 15 is 0 Å². The number of aliphatic hydroxyl groups excluding tert-OH is 1. The summed E-state index contributed by atoms with van der Waals surface area (Å²) in [5, 5.41) is 17.6. The van der Waals surface area contributed by atoms with Crippen LogP contribution in [0.3, 0.4) is 0 Å². The first-order valence-corrected chi connectivity index (χ1v) is 4.53. The van der Waals surface area contributed by atoms with Gasteiger partial charge in [-0.3, -0.25) is 0 Å². The Labute approximate surface area is 74.4 Å². The number of aliphatic hydroxyl groups is 2. The van der Waals surface area contributed by atoms with Gasteiger partial charge in [-0.05, 0) is 26.7 Å². The van der Waals surface area contributed by atoms with Crippen molar-refractivity contribution in [1.82, 2.24) is 0 Å². The normalized spacial score (nSPS) is 12.0. The Balaban J connectivity index is 3.01. The molecule has 2 N–H and O–H groups in total. The Hall–Kier alpha value is -0.120. The second-order valence-electron chi connectivity index (χ2n) is 3.43. The van der Waals surface area contributed by atoms with E-state index < -0.39 is 5.79 Å². The summed E-state index contributed by atoms with van der Waals surface area (Å²) in [6.07, 6.45) is 3.90. The zero-order chi connectivity index (χ0) is 9.45. The molecule has 0 aromatic heterocycles. The van der Waals surface area contributed by atoms with Crippen molar-refractivity contribution in [1.29, 1.82) is 0 Å². The van der Waals surface area contributed by atoms with Crippen LogP contribution in [-0.2, 0) is 4.74 Å². The summed E-state index contributed by atoms with van der Waals surface area (Å²) in [5.74, 6) is -1.00. The third-order valence-corrected chi connectivity index (χ3v) is 1.51. The van der Waals surface area contributed by atoms with E-state index in [1.807, 2.05) is 0 Å². The molecule has 0 atom stereocenters. The van der Waals surface area contributed by atoms with Gasteiger partial charge in [0.1, 0.15) is 0 Å². The maximum atomic E-state index is 9.16. The van der Waals surface area contributed by atoms with Crippen LogP contribution in [0.4, 0.5) is 0 Å². The van der Waals surface area contributed by atoms with E-state index in [1.165, 1.54) is 0 Å². The van der Waals surface area contributed by atoms with Gasteiger partial charge in [0.25, 0.3) is 0 Å². The molecule has 0 fully saturated rings. The molecule has 0 aliphatic heterocycles. The number of hydrogen-bond acceptors (Lipinski definition) is 3. The molecule has 0 bridgehead atoms. The Morgan fingerprint density at radius 3 is 2.17 bits per heavy atom. The molecule has 0 aliphatic carbocycles. The molecule has 0 saturated heterocycles. The van der Waals surface area contributed by atoms with E-state index in [0.717, 1.165) is 25.7 Å². The highest BCUT2D eigenvalue weighted by atomic mass is 16.6. The molecular weight excluding hydrogens is 156 g/mol. The summed E-state index contributed by atoms with van der Waals surface area (Å²) in [7, 11) is 0. The fourth-order valence-electron chi connectivity index (χ4n) is 0.889. The molecule has 0 amide bonds. The zero-order valence-corrected chi connectivity index (χ0v) is 8.05. The molecule has 12 heavy (non-hydrogen) atoms. The fraction of sp³-hybridized carbons (Fsp3) is 1.00. The van der Waals surface area contributed by atoms with E-state index in [-0.39, 0.29) is 6.61 Å². The van der Waals surface area contributed by atoms with E-state index in [2.05, 4.69) is 0 Å². The third kappa shape index (κ3) is 9.88. The maximum Gasteiger partial charge on any atom is 0.159 e. The van der Waals surface area contributed by atoms with Crippen molar-refractivity contribution < 1.29 is 14.9 Å². The van der Waals surface area contributed by atoms with Crippen molar-refractivity contribution in [2.24, 2.45) is 0 Å². The van der Waals surface area contributed by atoms with Gasteiger partial charge in [0.2, 0.25) is 0 Å². The predicted molar refractivity (Wildman–Crippen MR) is 47.8 cm³/mol. The third-order valence-electron chi connectivity index (χ3n) is 1.51. The van der Waals surface area contributed by atoms with E-state index in [1.54, 1.807) is 13.8 Å². The van der Waals surface area contributed by atoms with Crippen molar-refractivity contribution in [3.63, 3.8) is 0 Å². The van der Waals surface area contributed by atoms with Crippen molar-refractivity contribution in [3.8, 4) is 0 Å². The number of unbranched alkanes of at least 4 members (excludes halogenated alkanes) is 3. The first kappa shape index (κ1) is 11.9. The first-order chi connectivity index (χ1) is 5.56. The van der Waals surface area contributed by atoms with E-state index in [9.17, 15) is 0 Å². The van der Waals surface area contributed by atoms with Gasteiger partial charge >= 0.3 is 0 Å². The average molecular weight is 176 g/mol. The van der Waals surface area contributed by atoms with Gasteiger partial charge in [0.15, 0.2) is 5.79 Å². The molecule has 0 unspecified atom stereocenters. The Bertz CT molecular complexity index is 96.4. The molecule has 0 saturated carbocycles. The van der Waals surface area contributed by atoms with Gasteiger partial charge in [-0.15, -0.1) is 0 Å². The van der Waals surface area contributed by atoms with Crippen molar-refractivity contribution in [2.45, 2.75) is 45.3 Å². The van der Waals surface area contributed by atoms with Gasteiger partial charge < -0.3 is 14.9 Å². The minimum absolute atomic E-state index is 0.270. The maximum absolute atomic E-state index is 9.16. The molecule has 0 heterocycles. The van der Waals surface area contributed by atoms with Gasteiger partial charge in [-0.1, -0.05) is 12.8 Å². The van der Waals surface area contributed by atoms with Crippen molar-refractivity contribution >= 4 is 0 Å². The molecule has 0 radical (unpaired) electrons. The lowest BCUT2D eigenvalue weighted by atomic mass is 10.2. The smallest absolute Gasteiger partial charge is 0.159 e. The fourth-order valence-corrected chi connectivity index (χ4v) is 0.889. The van der Waals surface area contributed by atoms with Crippen LogP contribution in [0.15, 0.2) is 0 Å². The van der Waals surface area contributed by atoms with Crippen LogP contribution >= 0.6 is 0 Å². The highest BCUT2D eigenvalue weighted by Gasteiger charge is 2.10. The topological polar surface area (TPSA) is 49.7 Å². The molecule has 0 spiro atoms. The number of rotatable bonds is 7. The van der Waals surface area contributed by atoms with Crippen LogP contribution in [0.25, 0.3) is 0 Å². The average Bonchev–Trinajstić information content (AvgIpc) is 1.94. The van der Waals surface area contributed by atoms with E-state index in [4.69, 9.17) is 14.9 Å². The van der Waals surface area contributed by atoms with Crippen LogP contribution in [0, 0.1) is 0 Å². The Morgan fingerprint density at radius 1 is 1.08 bits per heavy atom. The number of ether oxygens (including phenoxy) is 1. The Morgan fingerprint density at radius 2 is 1.67 bits per heavy atom. The molecule has 3 heteroatoms. The molecule has 0 rings (SSSR count).